The number of hydrogen-bond acceptors (Lipinski definition) is 2. The molecule has 0 aromatic heterocycles. The predicted molar refractivity (Wildman–Crippen MR) is 53.1 cm³/mol. The van der Waals surface area contributed by atoms with Gasteiger partial charge in [-0.15, -0.1) is 6.58 Å². The van der Waals surface area contributed by atoms with E-state index < -0.39 is 12.0 Å². The van der Waals surface area contributed by atoms with E-state index in [0.717, 1.165) is 4.90 Å². The quantitative estimate of drug-likeness (QED) is 0.506. The molecule has 0 heterocycles. The molecule has 0 spiro atoms. The van der Waals surface area contributed by atoms with Crippen molar-refractivity contribution < 1.29 is 14.7 Å². The average Bonchev–Trinajstić information content (AvgIpc) is 2.15. The molecule has 0 fully saturated rings. The predicted octanol–water partition coefficient (Wildman–Crippen LogP) is 0.677. The van der Waals surface area contributed by atoms with E-state index in [-0.39, 0.29) is 6.03 Å². The van der Waals surface area contributed by atoms with Crippen LogP contribution < -0.4 is 5.32 Å². The summed E-state index contributed by atoms with van der Waals surface area (Å²) in [6.07, 6.45) is 2.35. The van der Waals surface area contributed by atoms with Crippen molar-refractivity contribution >= 4 is 12.0 Å². The highest BCUT2D eigenvalue weighted by atomic mass is 16.4. The van der Waals surface area contributed by atoms with Gasteiger partial charge in [0.15, 0.2) is 0 Å². The molecule has 0 aromatic rings. The van der Waals surface area contributed by atoms with Gasteiger partial charge in [0.2, 0.25) is 0 Å². The number of likely N-dealkylation sites (N-methyl/N-ethyl adjacent to an activating group) is 1. The van der Waals surface area contributed by atoms with Crippen molar-refractivity contribution in [1.29, 1.82) is 0 Å². The number of carboxylic acids is 1. The molecule has 0 saturated carbocycles. The van der Waals surface area contributed by atoms with Crippen LogP contribution in [0.15, 0.2) is 12.7 Å². The van der Waals surface area contributed by atoms with Gasteiger partial charge in [0, 0.05) is 13.6 Å². The Labute approximate surface area is 83.4 Å². The largest absolute Gasteiger partial charge is 0.480 e. The third kappa shape index (κ3) is 3.93. The maximum Gasteiger partial charge on any atom is 0.326 e. The van der Waals surface area contributed by atoms with E-state index in [2.05, 4.69) is 11.9 Å². The second-order valence-electron chi connectivity index (χ2n) is 2.93. The molecule has 14 heavy (non-hydrogen) atoms. The topological polar surface area (TPSA) is 69.6 Å². The number of hydrogen-bond donors (Lipinski definition) is 2. The summed E-state index contributed by atoms with van der Waals surface area (Å²) >= 11 is 0. The molecule has 0 aliphatic rings. The van der Waals surface area contributed by atoms with Crippen LogP contribution in [0.1, 0.15) is 13.3 Å². The first-order valence-corrected chi connectivity index (χ1v) is 4.35. The van der Waals surface area contributed by atoms with E-state index in [9.17, 15) is 9.59 Å². The molecule has 80 valence electrons. The van der Waals surface area contributed by atoms with Gasteiger partial charge in [0.1, 0.15) is 6.04 Å². The lowest BCUT2D eigenvalue weighted by Gasteiger charge is -2.21. The van der Waals surface area contributed by atoms with Gasteiger partial charge < -0.3 is 15.3 Å². The second kappa shape index (κ2) is 6.01. The standard InChI is InChI=1S/C9H16N2O3/c1-4-5-6-10-9(14)11(3)7(2)8(12)13/h4,7H,1,5-6H2,2-3H3,(H,10,14)(H,12,13). The van der Waals surface area contributed by atoms with Gasteiger partial charge in [-0.2, -0.15) is 0 Å². The van der Waals surface area contributed by atoms with Crippen LogP contribution in [-0.4, -0.2) is 41.6 Å². The minimum atomic E-state index is -1.02. The third-order valence-corrected chi connectivity index (χ3v) is 1.88. The minimum Gasteiger partial charge on any atom is -0.480 e. The van der Waals surface area contributed by atoms with E-state index in [4.69, 9.17) is 5.11 Å². The Morgan fingerprint density at radius 3 is 2.64 bits per heavy atom. The summed E-state index contributed by atoms with van der Waals surface area (Å²) in [6.45, 7) is 5.43. The van der Waals surface area contributed by atoms with E-state index in [1.165, 1.54) is 14.0 Å². The van der Waals surface area contributed by atoms with Gasteiger partial charge in [-0.3, -0.25) is 0 Å². The number of nitrogens with one attached hydrogen (secondary N) is 1. The van der Waals surface area contributed by atoms with Crippen molar-refractivity contribution in [3.8, 4) is 0 Å². The molecule has 0 aliphatic heterocycles. The zero-order valence-electron chi connectivity index (χ0n) is 8.49. The maximum absolute atomic E-state index is 11.3. The molecule has 1 atom stereocenters. The fourth-order valence-electron chi connectivity index (χ4n) is 0.747. The minimum absolute atomic E-state index is 0.387. The molecule has 0 saturated heterocycles. The monoisotopic (exact) mass is 200 g/mol. The highest BCUT2D eigenvalue weighted by Gasteiger charge is 2.20. The number of aliphatic carboxylic acids is 1. The summed E-state index contributed by atoms with van der Waals surface area (Å²) in [4.78, 5) is 23.0. The summed E-state index contributed by atoms with van der Waals surface area (Å²) in [7, 11) is 1.45. The van der Waals surface area contributed by atoms with Crippen LogP contribution in [0, 0.1) is 0 Å². The Hall–Kier alpha value is -1.52. The summed E-state index contributed by atoms with van der Waals surface area (Å²) in [5.74, 6) is -1.02. The van der Waals surface area contributed by atoms with Crippen LogP contribution in [0.5, 0.6) is 0 Å². The number of carboxylic acid groups (broad SMARTS) is 1. The first kappa shape index (κ1) is 12.5. The lowest BCUT2D eigenvalue weighted by molar-refractivity contribution is -0.141. The van der Waals surface area contributed by atoms with Crippen LogP contribution in [-0.2, 0) is 4.79 Å². The smallest absolute Gasteiger partial charge is 0.326 e. The third-order valence-electron chi connectivity index (χ3n) is 1.88. The molecule has 0 aromatic carbocycles. The molecule has 0 bridgehead atoms. The van der Waals surface area contributed by atoms with Crippen LogP contribution in [0.3, 0.4) is 0 Å². The molecule has 2 N–H and O–H groups in total. The molecule has 0 radical (unpaired) electrons. The Bertz CT molecular complexity index is 228. The highest BCUT2D eigenvalue weighted by molar-refractivity contribution is 5.82. The Kier molecular flexibility index (Phi) is 5.36. The molecular weight excluding hydrogens is 184 g/mol. The van der Waals surface area contributed by atoms with Crippen molar-refractivity contribution in [2.75, 3.05) is 13.6 Å². The fraction of sp³-hybridized carbons (Fsp3) is 0.556. The Morgan fingerprint density at radius 1 is 1.64 bits per heavy atom. The van der Waals surface area contributed by atoms with Gasteiger partial charge in [-0.1, -0.05) is 6.08 Å². The van der Waals surface area contributed by atoms with Gasteiger partial charge in [0.05, 0.1) is 0 Å². The SMILES string of the molecule is C=CCCNC(=O)N(C)C(C)C(=O)O. The summed E-state index contributed by atoms with van der Waals surface area (Å²) in [6, 6.07) is -1.21. The van der Waals surface area contributed by atoms with Crippen molar-refractivity contribution in [3.63, 3.8) is 0 Å². The Balaban J connectivity index is 3.98. The van der Waals surface area contributed by atoms with Gasteiger partial charge >= 0.3 is 12.0 Å². The van der Waals surface area contributed by atoms with Crippen LogP contribution in [0.2, 0.25) is 0 Å². The van der Waals surface area contributed by atoms with E-state index in [0.29, 0.717) is 13.0 Å². The number of carbonyl (C=O) groups is 2. The lowest BCUT2D eigenvalue weighted by atomic mass is 10.3. The van der Waals surface area contributed by atoms with Crippen molar-refractivity contribution in [2.24, 2.45) is 0 Å². The molecule has 1 unspecified atom stereocenters. The van der Waals surface area contributed by atoms with E-state index >= 15 is 0 Å². The maximum atomic E-state index is 11.3. The van der Waals surface area contributed by atoms with Gasteiger partial charge in [-0.05, 0) is 13.3 Å². The summed E-state index contributed by atoms with van der Waals surface area (Å²) < 4.78 is 0. The first-order valence-electron chi connectivity index (χ1n) is 4.35. The molecule has 0 rings (SSSR count). The van der Waals surface area contributed by atoms with Gasteiger partial charge in [-0.25, -0.2) is 9.59 Å². The first-order chi connectivity index (χ1) is 6.50. The van der Waals surface area contributed by atoms with Crippen molar-refractivity contribution in [3.05, 3.63) is 12.7 Å². The van der Waals surface area contributed by atoms with E-state index in [1.807, 2.05) is 0 Å². The normalized spacial score (nSPS) is 11.6. The van der Waals surface area contributed by atoms with Crippen molar-refractivity contribution in [2.45, 2.75) is 19.4 Å². The van der Waals surface area contributed by atoms with Crippen LogP contribution in [0.4, 0.5) is 4.79 Å². The van der Waals surface area contributed by atoms with Crippen LogP contribution in [0.25, 0.3) is 0 Å². The summed E-state index contributed by atoms with van der Waals surface area (Å²) in [5.41, 5.74) is 0. The number of amides is 2. The molecule has 2 amide bonds. The molecule has 5 nitrogen and oxygen atoms in total. The van der Waals surface area contributed by atoms with Crippen molar-refractivity contribution in [1.82, 2.24) is 10.2 Å². The fourth-order valence-corrected chi connectivity index (χ4v) is 0.747. The Morgan fingerprint density at radius 2 is 2.21 bits per heavy atom. The number of nitrogens with zero attached hydrogens (tertiary/aromatic N) is 1. The van der Waals surface area contributed by atoms with E-state index in [1.54, 1.807) is 6.08 Å². The zero-order chi connectivity index (χ0) is 11.1. The molecule has 0 aliphatic carbocycles. The number of urea groups is 1. The molecular formula is C9H16N2O3. The number of rotatable bonds is 5. The number of carbonyl (C=O) groups excluding carboxylic acids is 1. The van der Waals surface area contributed by atoms with Gasteiger partial charge in [0.25, 0.3) is 0 Å². The highest BCUT2D eigenvalue weighted by Crippen LogP contribution is 1.95. The lowest BCUT2D eigenvalue weighted by Crippen LogP contribution is -2.45. The zero-order valence-corrected chi connectivity index (χ0v) is 8.49. The second-order valence-corrected chi connectivity index (χ2v) is 2.93. The summed E-state index contributed by atoms with van der Waals surface area (Å²) in [5, 5.41) is 11.2. The van der Waals surface area contributed by atoms with Crippen LogP contribution >= 0.6 is 0 Å². The average molecular weight is 200 g/mol. The molecule has 5 heteroatoms.